The summed E-state index contributed by atoms with van der Waals surface area (Å²) in [6.45, 7) is 2.46. The predicted molar refractivity (Wildman–Crippen MR) is 75.9 cm³/mol. The third-order valence-corrected chi connectivity index (χ3v) is 2.83. The molecule has 0 aliphatic heterocycles. The molecule has 0 saturated carbocycles. The number of benzene rings is 2. The van der Waals surface area contributed by atoms with Gasteiger partial charge in [0.2, 0.25) is 0 Å². The molecule has 0 atom stereocenters. The summed E-state index contributed by atoms with van der Waals surface area (Å²) >= 11 is 0. The fourth-order valence-corrected chi connectivity index (χ4v) is 1.78. The lowest BCUT2D eigenvalue weighted by Gasteiger charge is -2.07. The molecule has 0 amide bonds. The molecule has 0 radical (unpaired) electrons. The van der Waals surface area contributed by atoms with Gasteiger partial charge in [-0.2, -0.15) is 5.26 Å². The second kappa shape index (κ2) is 6.39. The van der Waals surface area contributed by atoms with E-state index in [2.05, 4.69) is 5.16 Å². The van der Waals surface area contributed by atoms with Crippen LogP contribution in [0.25, 0.3) is 0 Å². The Labute approximate surface area is 117 Å². The first-order chi connectivity index (χ1) is 9.72. The van der Waals surface area contributed by atoms with Crippen molar-refractivity contribution in [1.82, 2.24) is 0 Å². The highest BCUT2D eigenvalue weighted by atomic mass is 16.5. The van der Waals surface area contributed by atoms with E-state index in [1.165, 1.54) is 0 Å². The van der Waals surface area contributed by atoms with Crippen LogP contribution >= 0.6 is 0 Å². The van der Waals surface area contributed by atoms with Gasteiger partial charge in [-0.25, -0.2) is 0 Å². The van der Waals surface area contributed by atoms with Crippen molar-refractivity contribution < 1.29 is 9.94 Å². The van der Waals surface area contributed by atoms with E-state index in [0.29, 0.717) is 12.2 Å². The number of nitriles is 1. The Morgan fingerprint density at radius 1 is 1.25 bits per heavy atom. The second-order valence-corrected chi connectivity index (χ2v) is 4.36. The molecule has 0 heterocycles. The zero-order chi connectivity index (χ0) is 14.4. The summed E-state index contributed by atoms with van der Waals surface area (Å²) in [5.41, 5.74) is 2.70. The van der Waals surface area contributed by atoms with Crippen molar-refractivity contribution in [3.05, 3.63) is 65.2 Å². The van der Waals surface area contributed by atoms with Crippen molar-refractivity contribution in [1.29, 1.82) is 5.26 Å². The van der Waals surface area contributed by atoms with Crippen molar-refractivity contribution in [2.45, 2.75) is 13.5 Å². The molecule has 0 saturated heterocycles. The summed E-state index contributed by atoms with van der Waals surface area (Å²) in [4.78, 5) is 0. The average molecular weight is 266 g/mol. The Bertz CT molecular complexity index is 655. The summed E-state index contributed by atoms with van der Waals surface area (Å²) in [6, 6.07) is 16.8. The third kappa shape index (κ3) is 3.36. The van der Waals surface area contributed by atoms with Crippen LogP contribution in [0.3, 0.4) is 0 Å². The first kappa shape index (κ1) is 13.6. The van der Waals surface area contributed by atoms with Gasteiger partial charge in [0.25, 0.3) is 0 Å². The lowest BCUT2D eigenvalue weighted by atomic mass is 10.1. The maximum atomic E-state index is 8.76. The summed E-state index contributed by atoms with van der Waals surface area (Å²) in [5, 5.41) is 20.4. The van der Waals surface area contributed by atoms with Crippen molar-refractivity contribution >= 4 is 5.71 Å². The van der Waals surface area contributed by atoms with Crippen molar-refractivity contribution in [3.63, 3.8) is 0 Å². The molecule has 2 aromatic rings. The molecule has 4 nitrogen and oxygen atoms in total. The van der Waals surface area contributed by atoms with Crippen LogP contribution in [-0.2, 0) is 6.61 Å². The zero-order valence-electron chi connectivity index (χ0n) is 11.1. The number of nitrogens with zero attached hydrogens (tertiary/aromatic N) is 2. The summed E-state index contributed by atoms with van der Waals surface area (Å²) in [7, 11) is 0. The molecule has 4 heteroatoms. The van der Waals surface area contributed by atoms with Crippen molar-refractivity contribution in [2.75, 3.05) is 0 Å². The Balaban J connectivity index is 2.03. The van der Waals surface area contributed by atoms with E-state index in [1.807, 2.05) is 49.4 Å². The van der Waals surface area contributed by atoms with Gasteiger partial charge in [-0.3, -0.25) is 0 Å². The van der Waals surface area contributed by atoms with Gasteiger partial charge in [0, 0.05) is 5.56 Å². The Hall–Kier alpha value is -2.80. The van der Waals surface area contributed by atoms with Crippen LogP contribution in [0.15, 0.2) is 53.7 Å². The van der Waals surface area contributed by atoms with E-state index < -0.39 is 0 Å². The molecule has 2 rings (SSSR count). The van der Waals surface area contributed by atoms with Crippen molar-refractivity contribution in [3.8, 4) is 11.8 Å². The van der Waals surface area contributed by atoms with E-state index in [0.717, 1.165) is 16.9 Å². The highest BCUT2D eigenvalue weighted by molar-refractivity contribution is 6.11. The topological polar surface area (TPSA) is 65.6 Å². The fraction of sp³-hybridized carbons (Fsp3) is 0.125. The van der Waals surface area contributed by atoms with Gasteiger partial charge in [-0.15, -0.1) is 0 Å². The van der Waals surface area contributed by atoms with E-state index in [-0.39, 0.29) is 5.71 Å². The van der Waals surface area contributed by atoms with Crippen LogP contribution in [-0.4, -0.2) is 10.9 Å². The summed E-state index contributed by atoms with van der Waals surface area (Å²) < 4.78 is 5.68. The minimum Gasteiger partial charge on any atom is -0.489 e. The number of oxime groups is 1. The third-order valence-electron chi connectivity index (χ3n) is 2.83. The largest absolute Gasteiger partial charge is 0.489 e. The Morgan fingerprint density at radius 2 is 2.00 bits per heavy atom. The minimum atomic E-state index is -0.00356. The van der Waals surface area contributed by atoms with Gasteiger partial charge in [-0.05, 0) is 30.2 Å². The molecule has 0 unspecified atom stereocenters. The zero-order valence-corrected chi connectivity index (χ0v) is 11.1. The standard InChI is InChI=1S/C16H14N2O2/c1-12-3-2-4-15(9-12)20-11-13-5-7-14(8-6-13)16(10-17)18-19/h2-9,19H,11H2,1H3. The number of aryl methyl sites for hydroxylation is 1. The molecule has 100 valence electrons. The van der Waals surface area contributed by atoms with Crippen LogP contribution in [0.1, 0.15) is 16.7 Å². The number of rotatable bonds is 4. The molecule has 0 fully saturated rings. The van der Waals surface area contributed by atoms with Crippen molar-refractivity contribution in [2.24, 2.45) is 5.16 Å². The van der Waals surface area contributed by atoms with E-state index in [1.54, 1.807) is 12.1 Å². The lowest BCUT2D eigenvalue weighted by Crippen LogP contribution is -1.99. The molecule has 0 aliphatic rings. The van der Waals surface area contributed by atoms with Crippen LogP contribution in [0.4, 0.5) is 0 Å². The fourth-order valence-electron chi connectivity index (χ4n) is 1.78. The number of hydrogen-bond donors (Lipinski definition) is 1. The summed E-state index contributed by atoms with van der Waals surface area (Å²) in [6.07, 6.45) is 0. The first-order valence-corrected chi connectivity index (χ1v) is 6.14. The van der Waals surface area contributed by atoms with Gasteiger partial charge in [0.15, 0.2) is 5.71 Å². The highest BCUT2D eigenvalue weighted by Gasteiger charge is 2.03. The van der Waals surface area contributed by atoms with Crippen LogP contribution in [0.2, 0.25) is 0 Å². The van der Waals surface area contributed by atoms with Gasteiger partial charge in [0.05, 0.1) is 0 Å². The van der Waals surface area contributed by atoms with E-state index in [9.17, 15) is 0 Å². The molecule has 20 heavy (non-hydrogen) atoms. The van der Waals surface area contributed by atoms with Gasteiger partial charge in [0.1, 0.15) is 18.4 Å². The lowest BCUT2D eigenvalue weighted by molar-refractivity contribution is 0.306. The predicted octanol–water partition coefficient (Wildman–Crippen LogP) is 3.28. The van der Waals surface area contributed by atoms with E-state index in [4.69, 9.17) is 15.2 Å². The summed E-state index contributed by atoms with van der Waals surface area (Å²) in [5.74, 6) is 0.823. The molecular formula is C16H14N2O2. The Morgan fingerprint density at radius 3 is 2.60 bits per heavy atom. The SMILES string of the molecule is Cc1cccc(OCc2ccc(C(C#N)=NO)cc2)c1. The average Bonchev–Trinajstić information content (AvgIpc) is 2.48. The molecule has 0 aromatic heterocycles. The first-order valence-electron chi connectivity index (χ1n) is 6.14. The molecule has 0 aliphatic carbocycles. The van der Waals surface area contributed by atoms with E-state index >= 15 is 0 Å². The maximum absolute atomic E-state index is 8.76. The molecule has 0 spiro atoms. The molecule has 1 N–H and O–H groups in total. The maximum Gasteiger partial charge on any atom is 0.186 e. The minimum absolute atomic E-state index is 0.00356. The number of hydrogen-bond acceptors (Lipinski definition) is 4. The molecule has 2 aromatic carbocycles. The van der Waals surface area contributed by atoms with Gasteiger partial charge >= 0.3 is 0 Å². The smallest absolute Gasteiger partial charge is 0.186 e. The van der Waals surface area contributed by atoms with Gasteiger partial charge < -0.3 is 9.94 Å². The highest BCUT2D eigenvalue weighted by Crippen LogP contribution is 2.15. The van der Waals surface area contributed by atoms with Gasteiger partial charge in [-0.1, -0.05) is 41.6 Å². The normalized spacial score (nSPS) is 10.9. The van der Waals surface area contributed by atoms with Crippen LogP contribution in [0.5, 0.6) is 5.75 Å². The van der Waals surface area contributed by atoms with Crippen LogP contribution in [0, 0.1) is 18.3 Å². The number of ether oxygens (including phenoxy) is 1. The quantitative estimate of drug-likeness (QED) is 0.524. The molecular weight excluding hydrogens is 252 g/mol. The monoisotopic (exact) mass is 266 g/mol. The molecule has 0 bridgehead atoms. The van der Waals surface area contributed by atoms with Crippen LogP contribution < -0.4 is 4.74 Å². The second-order valence-electron chi connectivity index (χ2n) is 4.36. The Kier molecular flexibility index (Phi) is 4.35.